The lowest BCUT2D eigenvalue weighted by atomic mass is 10.1. The van der Waals surface area contributed by atoms with Crippen LogP contribution in [-0.2, 0) is 0 Å². The van der Waals surface area contributed by atoms with Crippen molar-refractivity contribution in [2.45, 2.75) is 6.92 Å². The molecule has 1 aromatic heterocycles. The lowest BCUT2D eigenvalue weighted by Gasteiger charge is -1.96. The monoisotopic (exact) mass is 234 g/mol. The minimum absolute atomic E-state index is 0.00979. The first-order chi connectivity index (χ1) is 7.58. The SMILES string of the molecule is Cc1ccc(-c2cc(N)c([N+](=O)[O-])s2)cc1. The minimum Gasteiger partial charge on any atom is -0.392 e. The standard InChI is InChI=1S/C11H10N2O2S/c1-7-2-4-8(5-3-7)10-6-9(12)11(16-10)13(14)15/h2-6H,12H2,1H3. The van der Waals surface area contributed by atoms with Gasteiger partial charge in [-0.1, -0.05) is 41.2 Å². The average molecular weight is 234 g/mol. The van der Waals surface area contributed by atoms with Gasteiger partial charge in [0, 0.05) is 4.88 Å². The van der Waals surface area contributed by atoms with Crippen molar-refractivity contribution in [3.63, 3.8) is 0 Å². The molecule has 0 unspecified atom stereocenters. The maximum atomic E-state index is 10.7. The number of rotatable bonds is 2. The van der Waals surface area contributed by atoms with E-state index >= 15 is 0 Å². The number of nitrogens with zero attached hydrogens (tertiary/aromatic N) is 1. The second-order valence-corrected chi connectivity index (χ2v) is 4.52. The Morgan fingerprint density at radius 1 is 1.31 bits per heavy atom. The molecule has 0 fully saturated rings. The van der Waals surface area contributed by atoms with Gasteiger partial charge < -0.3 is 5.73 Å². The van der Waals surface area contributed by atoms with Crippen molar-refractivity contribution in [1.29, 1.82) is 0 Å². The van der Waals surface area contributed by atoms with Crippen LogP contribution in [0.15, 0.2) is 30.3 Å². The summed E-state index contributed by atoms with van der Waals surface area (Å²) in [5, 5.41) is 10.7. The van der Waals surface area contributed by atoms with Crippen LogP contribution in [0.3, 0.4) is 0 Å². The average Bonchev–Trinajstić information content (AvgIpc) is 2.61. The summed E-state index contributed by atoms with van der Waals surface area (Å²) in [6, 6.07) is 9.45. The van der Waals surface area contributed by atoms with Crippen molar-refractivity contribution < 1.29 is 4.92 Å². The second kappa shape index (κ2) is 3.94. The Hall–Kier alpha value is -1.88. The smallest absolute Gasteiger partial charge is 0.347 e. The number of nitrogens with two attached hydrogens (primary N) is 1. The molecule has 2 N–H and O–H groups in total. The van der Waals surface area contributed by atoms with Crippen LogP contribution in [0.25, 0.3) is 10.4 Å². The molecule has 0 spiro atoms. The van der Waals surface area contributed by atoms with Gasteiger partial charge in [0.1, 0.15) is 5.69 Å². The number of hydrogen-bond acceptors (Lipinski definition) is 4. The van der Waals surface area contributed by atoms with Crippen LogP contribution < -0.4 is 5.73 Å². The molecule has 2 rings (SSSR count). The summed E-state index contributed by atoms with van der Waals surface area (Å²) >= 11 is 1.10. The van der Waals surface area contributed by atoms with Crippen molar-refractivity contribution >= 4 is 22.0 Å². The second-order valence-electron chi connectivity index (χ2n) is 3.49. The molecular weight excluding hydrogens is 224 g/mol. The summed E-state index contributed by atoms with van der Waals surface area (Å²) < 4.78 is 0. The minimum atomic E-state index is -0.447. The normalized spacial score (nSPS) is 10.3. The van der Waals surface area contributed by atoms with Crippen molar-refractivity contribution in [2.24, 2.45) is 0 Å². The van der Waals surface area contributed by atoms with Crippen molar-refractivity contribution in [2.75, 3.05) is 5.73 Å². The number of thiophene rings is 1. The fourth-order valence-electron chi connectivity index (χ4n) is 1.40. The molecule has 0 bridgehead atoms. The first kappa shape index (κ1) is 10.6. The zero-order valence-corrected chi connectivity index (χ0v) is 9.45. The summed E-state index contributed by atoms with van der Waals surface area (Å²) in [5.41, 5.74) is 7.92. The highest BCUT2D eigenvalue weighted by Crippen LogP contribution is 2.38. The fourth-order valence-corrected chi connectivity index (χ4v) is 2.30. The number of benzene rings is 1. The molecule has 1 heterocycles. The molecule has 1 aromatic carbocycles. The number of hydrogen-bond donors (Lipinski definition) is 1. The van der Waals surface area contributed by atoms with Gasteiger partial charge in [-0.2, -0.15) is 0 Å². The van der Waals surface area contributed by atoms with Gasteiger partial charge in [-0.05, 0) is 18.6 Å². The van der Waals surface area contributed by atoms with Gasteiger partial charge in [-0.25, -0.2) is 0 Å². The number of anilines is 1. The summed E-state index contributed by atoms with van der Waals surface area (Å²) in [5.74, 6) is 0. The van der Waals surface area contributed by atoms with E-state index in [-0.39, 0.29) is 10.7 Å². The van der Waals surface area contributed by atoms with Crippen LogP contribution in [0.1, 0.15) is 5.56 Å². The number of nitro groups is 1. The van der Waals surface area contributed by atoms with E-state index < -0.39 is 4.92 Å². The lowest BCUT2D eigenvalue weighted by molar-refractivity contribution is -0.379. The van der Waals surface area contributed by atoms with Crippen molar-refractivity contribution in [3.05, 3.63) is 46.0 Å². The van der Waals surface area contributed by atoms with Crippen LogP contribution >= 0.6 is 11.3 Å². The van der Waals surface area contributed by atoms with Crippen LogP contribution in [-0.4, -0.2) is 4.92 Å². The highest BCUT2D eigenvalue weighted by molar-refractivity contribution is 7.19. The van der Waals surface area contributed by atoms with E-state index in [2.05, 4.69) is 0 Å². The van der Waals surface area contributed by atoms with Crippen LogP contribution in [0.2, 0.25) is 0 Å². The summed E-state index contributed by atoms with van der Waals surface area (Å²) in [6.45, 7) is 2.00. The molecule has 82 valence electrons. The maximum Gasteiger partial charge on any atom is 0.347 e. The third kappa shape index (κ3) is 1.90. The largest absolute Gasteiger partial charge is 0.392 e. The maximum absolute atomic E-state index is 10.7. The topological polar surface area (TPSA) is 69.2 Å². The highest BCUT2D eigenvalue weighted by Gasteiger charge is 2.17. The molecule has 0 aliphatic rings. The van der Waals surface area contributed by atoms with Crippen LogP contribution in [0.4, 0.5) is 10.7 Å². The van der Waals surface area contributed by atoms with Gasteiger partial charge in [0.2, 0.25) is 0 Å². The summed E-state index contributed by atoms with van der Waals surface area (Å²) in [4.78, 5) is 11.0. The van der Waals surface area contributed by atoms with Crippen molar-refractivity contribution in [1.82, 2.24) is 0 Å². The molecule has 5 heteroatoms. The predicted octanol–water partition coefficient (Wildman–Crippen LogP) is 3.21. The summed E-state index contributed by atoms with van der Waals surface area (Å²) in [6.07, 6.45) is 0. The van der Waals surface area contributed by atoms with E-state index in [0.29, 0.717) is 0 Å². The van der Waals surface area contributed by atoms with Gasteiger partial charge in [-0.15, -0.1) is 0 Å². The quantitative estimate of drug-likeness (QED) is 0.640. The summed E-state index contributed by atoms with van der Waals surface area (Å²) in [7, 11) is 0. The van der Waals surface area contributed by atoms with E-state index in [4.69, 9.17) is 5.73 Å². The Balaban J connectivity index is 2.45. The van der Waals surface area contributed by atoms with Crippen LogP contribution in [0, 0.1) is 17.0 Å². The molecule has 0 saturated heterocycles. The molecule has 0 amide bonds. The van der Waals surface area contributed by atoms with Gasteiger partial charge >= 0.3 is 5.00 Å². The number of aryl methyl sites for hydroxylation is 1. The first-order valence-corrected chi connectivity index (χ1v) is 5.50. The Labute approximate surface area is 96.5 Å². The van der Waals surface area contributed by atoms with Gasteiger partial charge in [0.05, 0.1) is 4.92 Å². The molecule has 0 aliphatic heterocycles. The zero-order valence-electron chi connectivity index (χ0n) is 8.64. The van der Waals surface area contributed by atoms with Gasteiger partial charge in [0.25, 0.3) is 0 Å². The highest BCUT2D eigenvalue weighted by atomic mass is 32.1. The fraction of sp³-hybridized carbons (Fsp3) is 0.0909. The van der Waals surface area contributed by atoms with Crippen LogP contribution in [0.5, 0.6) is 0 Å². The molecular formula is C11H10N2O2S. The Morgan fingerprint density at radius 2 is 1.94 bits per heavy atom. The lowest BCUT2D eigenvalue weighted by Crippen LogP contribution is -1.89. The Kier molecular flexibility index (Phi) is 2.62. The molecule has 0 aliphatic carbocycles. The third-order valence-electron chi connectivity index (χ3n) is 2.24. The third-order valence-corrected chi connectivity index (χ3v) is 3.39. The van der Waals surface area contributed by atoms with Crippen molar-refractivity contribution in [3.8, 4) is 10.4 Å². The zero-order chi connectivity index (χ0) is 11.7. The molecule has 2 aromatic rings. The van der Waals surface area contributed by atoms with E-state index in [1.807, 2.05) is 31.2 Å². The van der Waals surface area contributed by atoms with Gasteiger partial charge in [0.15, 0.2) is 0 Å². The van der Waals surface area contributed by atoms with E-state index in [0.717, 1.165) is 27.3 Å². The first-order valence-electron chi connectivity index (χ1n) is 4.68. The molecule has 0 saturated carbocycles. The molecule has 0 radical (unpaired) electrons. The van der Waals surface area contributed by atoms with Gasteiger partial charge in [-0.3, -0.25) is 10.1 Å². The Bertz CT molecular complexity index is 531. The Morgan fingerprint density at radius 3 is 2.44 bits per heavy atom. The number of nitrogen functional groups attached to an aromatic ring is 1. The molecule has 16 heavy (non-hydrogen) atoms. The molecule has 4 nitrogen and oxygen atoms in total. The van der Waals surface area contributed by atoms with E-state index in [1.54, 1.807) is 6.07 Å². The van der Waals surface area contributed by atoms with E-state index in [1.165, 1.54) is 0 Å². The molecule has 0 atom stereocenters. The predicted molar refractivity (Wildman–Crippen MR) is 65.6 cm³/mol. The van der Waals surface area contributed by atoms with E-state index in [9.17, 15) is 10.1 Å².